The van der Waals surface area contributed by atoms with Gasteiger partial charge in [0.1, 0.15) is 17.3 Å². The summed E-state index contributed by atoms with van der Waals surface area (Å²) in [7, 11) is -1.93. The fourth-order valence-corrected chi connectivity index (χ4v) is 5.10. The first-order chi connectivity index (χ1) is 19.6. The van der Waals surface area contributed by atoms with Crippen molar-refractivity contribution >= 4 is 32.9 Å². The zero-order valence-electron chi connectivity index (χ0n) is 22.3. The summed E-state index contributed by atoms with van der Waals surface area (Å²) >= 11 is 0. The maximum absolute atomic E-state index is 13.2. The summed E-state index contributed by atoms with van der Waals surface area (Å²) in [5.74, 6) is -0.620. The van der Waals surface area contributed by atoms with E-state index in [1.54, 1.807) is 10.6 Å². The van der Waals surface area contributed by atoms with E-state index in [2.05, 4.69) is 15.4 Å². The predicted octanol–water partition coefficient (Wildman–Crippen LogP) is 4.58. The summed E-state index contributed by atoms with van der Waals surface area (Å²) in [5.41, 5.74) is 4.27. The third kappa shape index (κ3) is 6.26. The molecule has 0 saturated heterocycles. The number of halogens is 1. The number of hydrogen-bond acceptors (Lipinski definition) is 8. The summed E-state index contributed by atoms with van der Waals surface area (Å²) in [5, 5.41) is 17.3. The molecule has 0 spiro atoms. The maximum atomic E-state index is 13.2. The standard InChI is InChI=1S/C30H27FN4O5S/c1-40-28-16-24(41(2,38)39)12-13-26(28)32-30-33-29-14-9-22(17-35(29)34-30)20-5-3-19(4-6-20)15-27(37)25(18-36)21-7-10-23(31)11-8-21/h3-14,16-17,25,36H,15,18H2,1-2H3,(H,32,34)/t25-/m1/s1. The fraction of sp³-hybridized carbons (Fsp3) is 0.167. The van der Waals surface area contributed by atoms with Gasteiger partial charge in [-0.25, -0.2) is 17.3 Å². The van der Waals surface area contributed by atoms with Crippen molar-refractivity contribution in [3.8, 4) is 16.9 Å². The molecule has 5 rings (SSSR count). The predicted molar refractivity (Wildman–Crippen MR) is 153 cm³/mol. The molecule has 3 aromatic carbocycles. The van der Waals surface area contributed by atoms with Crippen LogP contribution in [0.25, 0.3) is 16.8 Å². The van der Waals surface area contributed by atoms with E-state index >= 15 is 0 Å². The van der Waals surface area contributed by atoms with E-state index in [0.717, 1.165) is 22.9 Å². The van der Waals surface area contributed by atoms with Crippen molar-refractivity contribution in [2.45, 2.75) is 17.2 Å². The molecule has 1 atom stereocenters. The van der Waals surface area contributed by atoms with Crippen LogP contribution in [0.4, 0.5) is 16.0 Å². The van der Waals surface area contributed by atoms with Crippen LogP contribution in [0.15, 0.2) is 90.0 Å². The van der Waals surface area contributed by atoms with Crippen LogP contribution in [0.1, 0.15) is 17.0 Å². The van der Waals surface area contributed by atoms with E-state index in [1.807, 2.05) is 42.6 Å². The highest BCUT2D eigenvalue weighted by Gasteiger charge is 2.20. The number of carbonyl (C=O) groups excluding carboxylic acids is 1. The Kier molecular flexibility index (Phi) is 7.82. The zero-order chi connectivity index (χ0) is 29.1. The van der Waals surface area contributed by atoms with Gasteiger partial charge in [0.05, 0.1) is 30.2 Å². The minimum absolute atomic E-state index is 0.134. The lowest BCUT2D eigenvalue weighted by atomic mass is 9.91. The average molecular weight is 575 g/mol. The molecular weight excluding hydrogens is 547 g/mol. The molecular formula is C30H27FN4O5S. The van der Waals surface area contributed by atoms with E-state index in [4.69, 9.17) is 4.74 Å². The number of aliphatic hydroxyl groups excluding tert-OH is 1. The van der Waals surface area contributed by atoms with Gasteiger partial charge in [0.25, 0.3) is 0 Å². The molecule has 41 heavy (non-hydrogen) atoms. The first kappa shape index (κ1) is 27.9. The van der Waals surface area contributed by atoms with Crippen LogP contribution >= 0.6 is 0 Å². The molecule has 210 valence electrons. The lowest BCUT2D eigenvalue weighted by Gasteiger charge is -2.14. The molecule has 11 heteroatoms. The number of Topliss-reactive ketones (excluding diaryl/α,β-unsaturated/α-hetero) is 1. The van der Waals surface area contributed by atoms with Crippen molar-refractivity contribution in [3.63, 3.8) is 0 Å². The van der Waals surface area contributed by atoms with Gasteiger partial charge >= 0.3 is 0 Å². The van der Waals surface area contributed by atoms with Gasteiger partial charge in [-0.1, -0.05) is 36.4 Å². The topological polar surface area (TPSA) is 123 Å². The number of nitrogens with zero attached hydrogens (tertiary/aromatic N) is 3. The Balaban J connectivity index is 1.31. The Hall–Kier alpha value is -4.61. The van der Waals surface area contributed by atoms with Gasteiger partial charge in [-0.3, -0.25) is 4.79 Å². The number of carbonyl (C=O) groups is 1. The van der Waals surface area contributed by atoms with Crippen LogP contribution < -0.4 is 10.1 Å². The number of benzene rings is 3. The van der Waals surface area contributed by atoms with E-state index in [9.17, 15) is 22.7 Å². The highest BCUT2D eigenvalue weighted by Crippen LogP contribution is 2.30. The maximum Gasteiger partial charge on any atom is 0.247 e. The lowest BCUT2D eigenvalue weighted by Crippen LogP contribution is -2.18. The van der Waals surface area contributed by atoms with E-state index in [0.29, 0.717) is 28.6 Å². The van der Waals surface area contributed by atoms with Crippen LogP contribution in [-0.4, -0.2) is 53.9 Å². The zero-order valence-corrected chi connectivity index (χ0v) is 23.1. The number of pyridine rings is 1. The molecule has 0 unspecified atom stereocenters. The van der Waals surface area contributed by atoms with E-state index < -0.39 is 21.6 Å². The second-order valence-electron chi connectivity index (χ2n) is 9.54. The number of rotatable bonds is 10. The molecule has 0 amide bonds. The van der Waals surface area contributed by atoms with Crippen molar-refractivity contribution in [1.29, 1.82) is 0 Å². The molecule has 0 aliphatic carbocycles. The van der Waals surface area contributed by atoms with Gasteiger partial charge in [0.2, 0.25) is 5.95 Å². The number of methoxy groups -OCH3 is 1. The number of ketones is 1. The second-order valence-corrected chi connectivity index (χ2v) is 11.6. The Labute approximate surface area is 236 Å². The molecule has 9 nitrogen and oxygen atoms in total. The largest absolute Gasteiger partial charge is 0.495 e. The fourth-order valence-electron chi connectivity index (χ4n) is 4.46. The van der Waals surface area contributed by atoms with Gasteiger partial charge in [0, 0.05) is 30.5 Å². The van der Waals surface area contributed by atoms with Gasteiger partial charge in [0.15, 0.2) is 15.5 Å². The minimum Gasteiger partial charge on any atom is -0.495 e. The molecule has 0 bridgehead atoms. The first-order valence-electron chi connectivity index (χ1n) is 12.6. The number of sulfone groups is 1. The minimum atomic E-state index is -3.38. The molecule has 5 aromatic rings. The van der Waals surface area contributed by atoms with Crippen molar-refractivity contribution < 1.29 is 27.4 Å². The smallest absolute Gasteiger partial charge is 0.247 e. The van der Waals surface area contributed by atoms with Crippen LogP contribution in [0.3, 0.4) is 0 Å². The van der Waals surface area contributed by atoms with Crippen molar-refractivity contribution in [3.05, 3.63) is 102 Å². The van der Waals surface area contributed by atoms with Crippen LogP contribution in [0.5, 0.6) is 5.75 Å². The monoisotopic (exact) mass is 574 g/mol. The highest BCUT2D eigenvalue weighted by molar-refractivity contribution is 7.90. The first-order valence-corrected chi connectivity index (χ1v) is 14.5. The molecule has 2 N–H and O–H groups in total. The Morgan fingerprint density at radius 2 is 1.73 bits per heavy atom. The van der Waals surface area contributed by atoms with Crippen LogP contribution in [-0.2, 0) is 21.1 Å². The van der Waals surface area contributed by atoms with Crippen molar-refractivity contribution in [2.75, 3.05) is 25.3 Å². The Bertz CT molecular complexity index is 1820. The second kappa shape index (κ2) is 11.5. The molecule has 2 heterocycles. The quantitative estimate of drug-likeness (QED) is 0.249. The van der Waals surface area contributed by atoms with E-state index in [-0.39, 0.29) is 23.7 Å². The number of fused-ring (bicyclic) bond motifs is 1. The summed E-state index contributed by atoms with van der Waals surface area (Å²) in [4.78, 5) is 17.5. The number of hydrogen-bond donors (Lipinski definition) is 2. The van der Waals surface area contributed by atoms with Crippen molar-refractivity contribution in [2.24, 2.45) is 0 Å². The van der Waals surface area contributed by atoms with Crippen molar-refractivity contribution in [1.82, 2.24) is 14.6 Å². The Morgan fingerprint density at radius 3 is 2.39 bits per heavy atom. The van der Waals surface area contributed by atoms with Gasteiger partial charge in [-0.2, -0.15) is 4.98 Å². The lowest BCUT2D eigenvalue weighted by molar-refractivity contribution is -0.120. The summed E-state index contributed by atoms with van der Waals surface area (Å²) in [6.07, 6.45) is 3.09. The normalized spacial score (nSPS) is 12.3. The molecule has 0 fully saturated rings. The van der Waals surface area contributed by atoms with E-state index in [1.165, 1.54) is 43.5 Å². The summed E-state index contributed by atoms with van der Waals surface area (Å²) < 4.78 is 44.0. The average Bonchev–Trinajstić information content (AvgIpc) is 3.36. The molecule has 0 aliphatic rings. The number of nitrogens with one attached hydrogen (secondary N) is 1. The number of anilines is 2. The van der Waals surface area contributed by atoms with Crippen LogP contribution in [0, 0.1) is 5.82 Å². The molecule has 0 radical (unpaired) electrons. The highest BCUT2D eigenvalue weighted by atomic mass is 32.2. The third-order valence-corrected chi connectivity index (χ3v) is 7.80. The molecule has 0 aliphatic heterocycles. The summed E-state index contributed by atoms with van der Waals surface area (Å²) in [6, 6.07) is 21.4. The number of ether oxygens (including phenoxy) is 1. The SMILES string of the molecule is COc1cc(S(C)(=O)=O)ccc1Nc1nc2ccc(-c3ccc(CC(=O)[C@H](CO)c4ccc(F)cc4)cc3)cn2n1. The number of aromatic nitrogens is 3. The van der Waals surface area contributed by atoms with Gasteiger partial charge in [-0.15, -0.1) is 5.10 Å². The number of aliphatic hydroxyl groups is 1. The van der Waals surface area contributed by atoms with Gasteiger partial charge in [-0.05, 0) is 53.1 Å². The van der Waals surface area contributed by atoms with Crippen LogP contribution in [0.2, 0.25) is 0 Å². The molecule has 2 aromatic heterocycles. The molecule has 0 saturated carbocycles. The Morgan fingerprint density at radius 1 is 1.02 bits per heavy atom. The van der Waals surface area contributed by atoms with Gasteiger partial charge < -0.3 is 15.2 Å². The summed E-state index contributed by atoms with van der Waals surface area (Å²) in [6.45, 7) is -0.351. The third-order valence-electron chi connectivity index (χ3n) is 6.69.